The van der Waals surface area contributed by atoms with Gasteiger partial charge in [0.2, 0.25) is 12.7 Å². The normalized spacial score (nSPS) is 12.3. The van der Waals surface area contributed by atoms with Crippen molar-refractivity contribution in [3.8, 4) is 11.5 Å². The molecule has 0 spiro atoms. The first kappa shape index (κ1) is 20.2. The van der Waals surface area contributed by atoms with E-state index in [1.54, 1.807) is 30.0 Å². The third kappa shape index (κ3) is 4.79. The van der Waals surface area contributed by atoms with Crippen molar-refractivity contribution in [2.75, 3.05) is 17.9 Å². The van der Waals surface area contributed by atoms with Gasteiger partial charge < -0.3 is 14.8 Å². The predicted octanol–water partition coefficient (Wildman–Crippen LogP) is 5.44. The number of fused-ring (bicyclic) bond motifs is 2. The van der Waals surface area contributed by atoms with Gasteiger partial charge in [0.1, 0.15) is 0 Å². The maximum atomic E-state index is 12.3. The minimum Gasteiger partial charge on any atom is -0.454 e. The van der Waals surface area contributed by atoms with Gasteiger partial charge in [0.15, 0.2) is 20.2 Å². The summed E-state index contributed by atoms with van der Waals surface area (Å²) in [5, 5.41) is 13.8. The Hall–Kier alpha value is -2.75. The Morgan fingerprint density at radius 3 is 2.71 bits per heavy atom. The zero-order chi connectivity index (χ0) is 21.0. The Labute approximate surface area is 191 Å². The Bertz CT molecular complexity index is 1240. The van der Waals surface area contributed by atoms with E-state index in [2.05, 4.69) is 58.0 Å². The average Bonchev–Trinajstić information content (AvgIpc) is 3.45. The summed E-state index contributed by atoms with van der Waals surface area (Å²) in [4.78, 5) is 12.3. The average molecular weight is 468 g/mol. The molecule has 1 N–H and O–H groups in total. The Morgan fingerprint density at radius 2 is 1.77 bits per heavy atom. The number of ether oxygens (including phenoxy) is 2. The van der Waals surface area contributed by atoms with Crippen molar-refractivity contribution in [3.05, 3.63) is 66.2 Å². The Kier molecular flexibility index (Phi) is 5.97. The number of hydrogen-bond donors (Lipinski definition) is 1. The first-order valence-electron chi connectivity index (χ1n) is 9.50. The van der Waals surface area contributed by atoms with Gasteiger partial charge in [0, 0.05) is 17.5 Å². The van der Waals surface area contributed by atoms with Crippen LogP contribution in [0.25, 0.3) is 10.8 Å². The topological polar surface area (TPSA) is 73.3 Å². The zero-order valence-electron chi connectivity index (χ0n) is 16.2. The molecule has 3 aromatic carbocycles. The van der Waals surface area contributed by atoms with Crippen molar-refractivity contribution in [3.63, 3.8) is 0 Å². The predicted molar refractivity (Wildman–Crippen MR) is 125 cm³/mol. The zero-order valence-corrected chi connectivity index (χ0v) is 18.7. The molecule has 1 amide bonds. The van der Waals surface area contributed by atoms with Crippen LogP contribution in [0.15, 0.2) is 69.3 Å². The van der Waals surface area contributed by atoms with Crippen LogP contribution in [0.1, 0.15) is 5.56 Å². The SMILES string of the molecule is O=C(CSc1nnc(SCc2cccc3ccccc23)s1)Nc1ccc2c(c1)OCO2. The highest BCUT2D eigenvalue weighted by molar-refractivity contribution is 8.03. The van der Waals surface area contributed by atoms with Crippen LogP contribution in [0.4, 0.5) is 5.69 Å². The summed E-state index contributed by atoms with van der Waals surface area (Å²) in [5.41, 5.74) is 1.95. The molecule has 0 saturated heterocycles. The molecule has 0 radical (unpaired) electrons. The number of hydrogen-bond acceptors (Lipinski definition) is 8. The smallest absolute Gasteiger partial charge is 0.234 e. The van der Waals surface area contributed by atoms with Gasteiger partial charge in [-0.1, -0.05) is 77.3 Å². The van der Waals surface area contributed by atoms with Crippen LogP contribution in [0.3, 0.4) is 0 Å². The van der Waals surface area contributed by atoms with E-state index in [1.165, 1.54) is 39.4 Å². The van der Waals surface area contributed by atoms with Gasteiger partial charge in [-0.05, 0) is 28.5 Å². The number of carbonyl (C=O) groups excluding carboxylic acids is 1. The van der Waals surface area contributed by atoms with Crippen LogP contribution in [0, 0.1) is 0 Å². The van der Waals surface area contributed by atoms with E-state index >= 15 is 0 Å². The molecule has 2 heterocycles. The van der Waals surface area contributed by atoms with Gasteiger partial charge in [-0.25, -0.2) is 0 Å². The summed E-state index contributed by atoms with van der Waals surface area (Å²) in [5.74, 6) is 2.31. The van der Waals surface area contributed by atoms with Crippen LogP contribution in [-0.2, 0) is 10.5 Å². The minimum atomic E-state index is -0.107. The van der Waals surface area contributed by atoms with Crippen molar-refractivity contribution in [1.82, 2.24) is 10.2 Å². The van der Waals surface area contributed by atoms with Gasteiger partial charge in [-0.3, -0.25) is 4.79 Å². The lowest BCUT2D eigenvalue weighted by molar-refractivity contribution is -0.113. The standard InChI is InChI=1S/C22H17N3O3S3/c26-20(23-16-8-9-18-19(10-16)28-13-27-18)12-30-22-25-24-21(31-22)29-11-15-6-3-5-14-4-1-2-7-17(14)15/h1-10H,11-13H2,(H,23,26). The molecule has 5 rings (SSSR count). The van der Waals surface area contributed by atoms with E-state index in [0.717, 1.165) is 14.4 Å². The molecule has 4 aromatic rings. The molecule has 1 aliphatic rings. The largest absolute Gasteiger partial charge is 0.454 e. The monoisotopic (exact) mass is 467 g/mol. The van der Waals surface area contributed by atoms with Crippen molar-refractivity contribution in [2.45, 2.75) is 14.4 Å². The quantitative estimate of drug-likeness (QED) is 0.363. The lowest BCUT2D eigenvalue weighted by atomic mass is 10.1. The molecule has 0 saturated carbocycles. The first-order chi connectivity index (χ1) is 15.2. The summed E-state index contributed by atoms with van der Waals surface area (Å²) in [6, 6.07) is 20.1. The highest BCUT2D eigenvalue weighted by Crippen LogP contribution is 2.35. The van der Waals surface area contributed by atoms with Gasteiger partial charge in [0.25, 0.3) is 0 Å². The second-order valence-corrected chi connectivity index (χ2v) is 10.1. The fourth-order valence-corrected chi connectivity index (χ4v) is 5.99. The van der Waals surface area contributed by atoms with Crippen molar-refractivity contribution >= 4 is 57.2 Å². The number of anilines is 1. The molecule has 1 aromatic heterocycles. The Morgan fingerprint density at radius 1 is 0.968 bits per heavy atom. The number of rotatable bonds is 7. The number of amides is 1. The summed E-state index contributed by atoms with van der Waals surface area (Å²) in [6.07, 6.45) is 0. The lowest BCUT2D eigenvalue weighted by Gasteiger charge is -2.05. The summed E-state index contributed by atoms with van der Waals surface area (Å²) in [7, 11) is 0. The van der Waals surface area contributed by atoms with Gasteiger partial charge in [0.05, 0.1) is 5.75 Å². The van der Waals surface area contributed by atoms with Crippen molar-refractivity contribution in [1.29, 1.82) is 0 Å². The van der Waals surface area contributed by atoms with Gasteiger partial charge >= 0.3 is 0 Å². The highest BCUT2D eigenvalue weighted by atomic mass is 32.2. The molecular weight excluding hydrogens is 450 g/mol. The molecule has 0 bridgehead atoms. The molecule has 9 heteroatoms. The number of thioether (sulfide) groups is 2. The highest BCUT2D eigenvalue weighted by Gasteiger charge is 2.15. The minimum absolute atomic E-state index is 0.107. The van der Waals surface area contributed by atoms with E-state index in [1.807, 2.05) is 0 Å². The third-order valence-electron chi connectivity index (χ3n) is 4.60. The van der Waals surface area contributed by atoms with Crippen LogP contribution in [0.2, 0.25) is 0 Å². The second kappa shape index (κ2) is 9.17. The molecule has 156 valence electrons. The molecule has 0 aliphatic carbocycles. The Balaban J connectivity index is 1.14. The van der Waals surface area contributed by atoms with E-state index in [-0.39, 0.29) is 18.5 Å². The van der Waals surface area contributed by atoms with E-state index in [9.17, 15) is 4.79 Å². The molecule has 1 aliphatic heterocycles. The summed E-state index contributed by atoms with van der Waals surface area (Å²) >= 11 is 4.55. The number of aromatic nitrogens is 2. The third-order valence-corrected chi connectivity index (χ3v) is 7.84. The van der Waals surface area contributed by atoms with Crippen LogP contribution in [0.5, 0.6) is 11.5 Å². The summed E-state index contributed by atoms with van der Waals surface area (Å²) in [6.45, 7) is 0.209. The second-order valence-electron chi connectivity index (χ2n) is 6.67. The number of nitrogens with zero attached hydrogens (tertiary/aromatic N) is 2. The van der Waals surface area contributed by atoms with Crippen molar-refractivity contribution in [2.24, 2.45) is 0 Å². The number of carbonyl (C=O) groups is 1. The number of benzene rings is 3. The number of nitrogens with one attached hydrogen (secondary N) is 1. The maximum Gasteiger partial charge on any atom is 0.234 e. The molecule has 0 unspecified atom stereocenters. The summed E-state index contributed by atoms with van der Waals surface area (Å²) < 4.78 is 12.3. The van der Waals surface area contributed by atoms with Crippen molar-refractivity contribution < 1.29 is 14.3 Å². The van der Waals surface area contributed by atoms with E-state index in [0.29, 0.717) is 17.2 Å². The molecule has 6 nitrogen and oxygen atoms in total. The van der Waals surface area contributed by atoms with E-state index < -0.39 is 0 Å². The maximum absolute atomic E-state index is 12.3. The fourth-order valence-electron chi connectivity index (χ4n) is 3.17. The lowest BCUT2D eigenvalue weighted by Crippen LogP contribution is -2.13. The molecular formula is C22H17N3O3S3. The molecule has 31 heavy (non-hydrogen) atoms. The fraction of sp³-hybridized carbons (Fsp3) is 0.136. The van der Waals surface area contributed by atoms with Gasteiger partial charge in [-0.15, -0.1) is 10.2 Å². The van der Waals surface area contributed by atoms with Crippen LogP contribution in [-0.4, -0.2) is 28.7 Å². The van der Waals surface area contributed by atoms with E-state index in [4.69, 9.17) is 9.47 Å². The van der Waals surface area contributed by atoms with Gasteiger partial charge in [-0.2, -0.15) is 0 Å². The molecule has 0 atom stereocenters. The van der Waals surface area contributed by atoms with Crippen LogP contribution < -0.4 is 14.8 Å². The molecule has 0 fully saturated rings. The first-order valence-corrected chi connectivity index (χ1v) is 12.3. The van der Waals surface area contributed by atoms with Crippen LogP contribution >= 0.6 is 34.9 Å².